The molecule has 96 valence electrons. The minimum Gasteiger partial charge on any atom is -0.487 e. The van der Waals surface area contributed by atoms with Gasteiger partial charge in [-0.2, -0.15) is 5.26 Å². The highest BCUT2D eigenvalue weighted by atomic mass is 16.5. The van der Waals surface area contributed by atoms with Gasteiger partial charge in [-0.25, -0.2) is 0 Å². The van der Waals surface area contributed by atoms with Crippen LogP contribution in [0.3, 0.4) is 0 Å². The van der Waals surface area contributed by atoms with E-state index in [0.717, 1.165) is 17.7 Å². The van der Waals surface area contributed by atoms with Crippen molar-refractivity contribution in [2.24, 2.45) is 5.73 Å². The molecule has 1 aromatic rings. The summed E-state index contributed by atoms with van der Waals surface area (Å²) in [5.74, 6) is 1.43. The average Bonchev–Trinajstić information content (AvgIpc) is 2.60. The second-order valence-corrected chi connectivity index (χ2v) is 5.60. The molecule has 1 aliphatic heterocycles. The largest absolute Gasteiger partial charge is 0.487 e. The molecule has 1 heterocycles. The van der Waals surface area contributed by atoms with Crippen molar-refractivity contribution in [2.45, 2.75) is 38.3 Å². The Labute approximate surface area is 107 Å². The number of nitrogens with two attached hydrogens (primary N) is 1. The molecule has 0 aromatic heterocycles. The van der Waals surface area contributed by atoms with Crippen LogP contribution in [0.25, 0.3) is 0 Å². The molecule has 1 aromatic carbocycles. The molecule has 1 atom stereocenters. The molecule has 2 N–H and O–H groups in total. The van der Waals surface area contributed by atoms with Crippen molar-refractivity contribution < 1.29 is 9.47 Å². The molecular formula is C14H18N2O2. The molecule has 0 spiro atoms. The second kappa shape index (κ2) is 4.18. The lowest BCUT2D eigenvalue weighted by atomic mass is 10.0. The monoisotopic (exact) mass is 246 g/mol. The summed E-state index contributed by atoms with van der Waals surface area (Å²) in [6.07, 6.45) is 0.859. The molecule has 0 bridgehead atoms. The van der Waals surface area contributed by atoms with E-state index in [4.69, 9.17) is 20.5 Å². The number of benzene rings is 1. The molecule has 0 aliphatic carbocycles. The fourth-order valence-electron chi connectivity index (χ4n) is 1.96. The molecule has 0 saturated heterocycles. The molecule has 0 saturated carbocycles. The van der Waals surface area contributed by atoms with E-state index in [1.807, 2.05) is 38.1 Å². The van der Waals surface area contributed by atoms with Crippen LogP contribution < -0.4 is 15.2 Å². The van der Waals surface area contributed by atoms with Crippen molar-refractivity contribution in [3.8, 4) is 17.6 Å². The van der Waals surface area contributed by atoms with Crippen molar-refractivity contribution in [3.05, 3.63) is 23.8 Å². The van der Waals surface area contributed by atoms with Crippen molar-refractivity contribution in [2.75, 3.05) is 6.61 Å². The van der Waals surface area contributed by atoms with Gasteiger partial charge in [0.1, 0.15) is 17.7 Å². The Morgan fingerprint density at radius 2 is 2.28 bits per heavy atom. The van der Waals surface area contributed by atoms with Crippen LogP contribution in [-0.2, 0) is 6.42 Å². The van der Waals surface area contributed by atoms with Crippen LogP contribution >= 0.6 is 0 Å². The zero-order valence-corrected chi connectivity index (χ0v) is 11.0. The quantitative estimate of drug-likeness (QED) is 0.886. The summed E-state index contributed by atoms with van der Waals surface area (Å²) in [7, 11) is 0. The van der Waals surface area contributed by atoms with E-state index in [9.17, 15) is 0 Å². The van der Waals surface area contributed by atoms with Gasteiger partial charge in [-0.3, -0.25) is 0 Å². The van der Waals surface area contributed by atoms with Crippen molar-refractivity contribution in [3.63, 3.8) is 0 Å². The molecule has 2 rings (SSSR count). The smallest absolute Gasteiger partial charge is 0.165 e. The highest BCUT2D eigenvalue weighted by Gasteiger charge is 2.32. The lowest BCUT2D eigenvalue weighted by Crippen LogP contribution is -2.40. The fourth-order valence-corrected chi connectivity index (χ4v) is 1.96. The van der Waals surface area contributed by atoms with Crippen molar-refractivity contribution >= 4 is 0 Å². The number of fused-ring (bicyclic) bond motifs is 1. The molecule has 0 radical (unpaired) electrons. The molecule has 4 heteroatoms. The van der Waals surface area contributed by atoms with Crippen LogP contribution in [0.1, 0.15) is 26.3 Å². The number of ether oxygens (including phenoxy) is 2. The fraction of sp³-hybridized carbons (Fsp3) is 0.500. The summed E-state index contributed by atoms with van der Waals surface area (Å²) >= 11 is 0. The van der Waals surface area contributed by atoms with Gasteiger partial charge in [0.15, 0.2) is 11.5 Å². The summed E-state index contributed by atoms with van der Waals surface area (Å²) in [6.45, 7) is 5.86. The van der Waals surface area contributed by atoms with E-state index in [-0.39, 0.29) is 12.2 Å². The summed E-state index contributed by atoms with van der Waals surface area (Å²) < 4.78 is 11.5. The van der Waals surface area contributed by atoms with Crippen LogP contribution in [0.5, 0.6) is 11.5 Å². The molecule has 0 fully saturated rings. The summed E-state index contributed by atoms with van der Waals surface area (Å²) in [5.41, 5.74) is 5.67. The number of hydrogen-bond acceptors (Lipinski definition) is 4. The van der Waals surface area contributed by atoms with Gasteiger partial charge in [0.2, 0.25) is 0 Å². The first-order valence-electron chi connectivity index (χ1n) is 5.97. The van der Waals surface area contributed by atoms with E-state index in [1.165, 1.54) is 0 Å². The highest BCUT2D eigenvalue weighted by Crippen LogP contribution is 2.41. The van der Waals surface area contributed by atoms with Crippen LogP contribution in [0.15, 0.2) is 18.2 Å². The molecule has 1 aliphatic rings. The lowest BCUT2D eigenvalue weighted by Gasteiger charge is -2.20. The minimum atomic E-state index is -0.989. The summed E-state index contributed by atoms with van der Waals surface area (Å²) in [6, 6.07) is 7.81. The van der Waals surface area contributed by atoms with Gasteiger partial charge in [0, 0.05) is 12.0 Å². The minimum absolute atomic E-state index is 0.143. The first-order chi connectivity index (χ1) is 8.33. The van der Waals surface area contributed by atoms with Crippen LogP contribution in [0, 0.1) is 11.3 Å². The summed E-state index contributed by atoms with van der Waals surface area (Å²) in [4.78, 5) is 0. The van der Waals surface area contributed by atoms with Gasteiger partial charge < -0.3 is 15.2 Å². The maximum Gasteiger partial charge on any atom is 0.165 e. The first-order valence-corrected chi connectivity index (χ1v) is 5.97. The van der Waals surface area contributed by atoms with Gasteiger partial charge in [-0.15, -0.1) is 0 Å². The Morgan fingerprint density at radius 1 is 1.56 bits per heavy atom. The maximum atomic E-state index is 8.86. The van der Waals surface area contributed by atoms with Crippen LogP contribution in [-0.4, -0.2) is 17.7 Å². The lowest BCUT2D eigenvalue weighted by molar-refractivity contribution is 0.130. The Balaban J connectivity index is 2.18. The van der Waals surface area contributed by atoms with E-state index in [1.54, 1.807) is 6.92 Å². The van der Waals surface area contributed by atoms with E-state index >= 15 is 0 Å². The Hall–Kier alpha value is -1.73. The Bertz CT molecular complexity index is 501. The number of rotatable bonds is 3. The summed E-state index contributed by atoms with van der Waals surface area (Å²) in [5, 5.41) is 8.86. The van der Waals surface area contributed by atoms with E-state index in [0.29, 0.717) is 5.75 Å². The van der Waals surface area contributed by atoms with E-state index < -0.39 is 5.54 Å². The standard InChI is InChI=1S/C14H18N2O2/c1-13(2)7-10-5-4-6-11(12(10)18-13)17-9-14(3,16)8-15/h4-6H,7,9,16H2,1-3H3. The number of nitriles is 1. The second-order valence-electron chi connectivity index (χ2n) is 5.60. The first kappa shape index (κ1) is 12.7. The van der Waals surface area contributed by atoms with Crippen molar-refractivity contribution in [1.82, 2.24) is 0 Å². The number of para-hydroxylation sites is 1. The number of nitrogens with zero attached hydrogens (tertiary/aromatic N) is 1. The maximum absolute atomic E-state index is 8.86. The molecule has 18 heavy (non-hydrogen) atoms. The van der Waals surface area contributed by atoms with Gasteiger partial charge >= 0.3 is 0 Å². The van der Waals surface area contributed by atoms with Gasteiger partial charge in [-0.1, -0.05) is 12.1 Å². The number of hydrogen-bond donors (Lipinski definition) is 1. The molecule has 4 nitrogen and oxygen atoms in total. The van der Waals surface area contributed by atoms with Crippen molar-refractivity contribution in [1.29, 1.82) is 5.26 Å². The highest BCUT2D eigenvalue weighted by molar-refractivity contribution is 5.50. The zero-order valence-electron chi connectivity index (χ0n) is 11.0. The Kier molecular flexibility index (Phi) is 2.95. The average molecular weight is 246 g/mol. The topological polar surface area (TPSA) is 68.3 Å². The van der Waals surface area contributed by atoms with Gasteiger partial charge in [-0.05, 0) is 26.8 Å². The van der Waals surface area contributed by atoms with Gasteiger partial charge in [0.25, 0.3) is 0 Å². The molecule has 0 amide bonds. The molecule has 1 unspecified atom stereocenters. The predicted molar refractivity (Wildman–Crippen MR) is 68.6 cm³/mol. The third-order valence-corrected chi connectivity index (χ3v) is 2.84. The van der Waals surface area contributed by atoms with E-state index in [2.05, 4.69) is 0 Å². The third-order valence-electron chi connectivity index (χ3n) is 2.84. The predicted octanol–water partition coefficient (Wildman–Crippen LogP) is 2.02. The Morgan fingerprint density at radius 3 is 2.94 bits per heavy atom. The van der Waals surface area contributed by atoms with Crippen LogP contribution in [0.4, 0.5) is 0 Å². The zero-order chi connectivity index (χ0) is 13.4. The third kappa shape index (κ3) is 2.57. The normalized spacial score (nSPS) is 19.3. The molecular weight excluding hydrogens is 228 g/mol. The SMILES string of the molecule is CC(N)(C#N)COc1cccc2c1OC(C)(C)C2. The van der Waals surface area contributed by atoms with Gasteiger partial charge in [0.05, 0.1) is 6.07 Å². The van der Waals surface area contributed by atoms with Crippen LogP contribution in [0.2, 0.25) is 0 Å².